The van der Waals surface area contributed by atoms with Gasteiger partial charge < -0.3 is 29.5 Å². The lowest BCUT2D eigenvalue weighted by Gasteiger charge is -2.16. The van der Waals surface area contributed by atoms with Crippen LogP contribution in [0.4, 0.5) is 4.39 Å². The molecule has 10 heteroatoms. The SMILES string of the molecule is COC(=O)c1c(F)c(C2OC(CO)C(O)C2O)c(C(=O)OC)n1-c1ccccc1. The standard InChI is InChI=1S/C19H20FNO8/c1-27-18(25)13-11(17-16(24)15(23)10(8-22)29-17)12(20)14(19(26)28-2)21(13)9-6-4-3-5-7-9/h3-7,10,15-17,22-24H,8H2,1-2H3. The average Bonchev–Trinajstić information content (AvgIpc) is 3.20. The van der Waals surface area contributed by atoms with Crippen LogP contribution in [0.25, 0.3) is 5.69 Å². The Labute approximate surface area is 164 Å². The number of carbonyl (C=O) groups excluding carboxylic acids is 2. The van der Waals surface area contributed by atoms with Crippen molar-refractivity contribution in [3.05, 3.63) is 53.1 Å². The number of benzene rings is 1. The number of halogens is 1. The van der Waals surface area contributed by atoms with Crippen molar-refractivity contribution >= 4 is 11.9 Å². The predicted octanol–water partition coefficient (Wildman–Crippen LogP) is 0.344. The average molecular weight is 409 g/mol. The Morgan fingerprint density at radius 3 is 2.17 bits per heavy atom. The second-order valence-corrected chi connectivity index (χ2v) is 6.34. The fourth-order valence-electron chi connectivity index (χ4n) is 3.37. The molecule has 1 saturated heterocycles. The summed E-state index contributed by atoms with van der Waals surface area (Å²) in [6.07, 6.45) is -5.94. The van der Waals surface area contributed by atoms with E-state index in [9.17, 15) is 24.9 Å². The monoisotopic (exact) mass is 409 g/mol. The smallest absolute Gasteiger partial charge is 0.358 e. The topological polar surface area (TPSA) is 127 Å². The van der Waals surface area contributed by atoms with Crippen LogP contribution in [-0.2, 0) is 14.2 Å². The van der Waals surface area contributed by atoms with Crippen LogP contribution < -0.4 is 0 Å². The molecule has 1 aliphatic heterocycles. The van der Waals surface area contributed by atoms with Gasteiger partial charge in [-0.3, -0.25) is 4.57 Å². The molecule has 4 atom stereocenters. The molecule has 0 spiro atoms. The number of hydrogen-bond acceptors (Lipinski definition) is 8. The van der Waals surface area contributed by atoms with Gasteiger partial charge in [0.2, 0.25) is 0 Å². The lowest BCUT2D eigenvalue weighted by atomic mass is 10.0. The Hall–Kier alpha value is -2.79. The van der Waals surface area contributed by atoms with Crippen molar-refractivity contribution in [2.75, 3.05) is 20.8 Å². The molecule has 4 unspecified atom stereocenters. The van der Waals surface area contributed by atoms with Crippen LogP contribution in [0.1, 0.15) is 32.6 Å². The number of ether oxygens (including phenoxy) is 3. The first-order valence-electron chi connectivity index (χ1n) is 8.65. The minimum Gasteiger partial charge on any atom is -0.464 e. The molecule has 2 heterocycles. The van der Waals surface area contributed by atoms with E-state index in [0.717, 1.165) is 18.8 Å². The van der Waals surface area contributed by atoms with E-state index in [2.05, 4.69) is 4.74 Å². The number of carbonyl (C=O) groups is 2. The molecule has 9 nitrogen and oxygen atoms in total. The molecule has 0 saturated carbocycles. The summed E-state index contributed by atoms with van der Waals surface area (Å²) in [6.45, 7) is -0.646. The van der Waals surface area contributed by atoms with Gasteiger partial charge in [0.25, 0.3) is 0 Å². The van der Waals surface area contributed by atoms with Crippen molar-refractivity contribution in [1.82, 2.24) is 4.57 Å². The van der Waals surface area contributed by atoms with Gasteiger partial charge in [0.15, 0.2) is 11.5 Å². The number of methoxy groups -OCH3 is 2. The summed E-state index contributed by atoms with van der Waals surface area (Å²) in [6, 6.07) is 7.97. The highest BCUT2D eigenvalue weighted by molar-refractivity contribution is 5.96. The van der Waals surface area contributed by atoms with E-state index in [4.69, 9.17) is 9.47 Å². The van der Waals surface area contributed by atoms with E-state index in [1.165, 1.54) is 12.1 Å². The molecule has 0 amide bonds. The van der Waals surface area contributed by atoms with Gasteiger partial charge in [0, 0.05) is 5.69 Å². The van der Waals surface area contributed by atoms with E-state index in [1.54, 1.807) is 18.2 Å². The number of aromatic nitrogens is 1. The molecule has 1 aromatic heterocycles. The quantitative estimate of drug-likeness (QED) is 0.604. The Morgan fingerprint density at radius 2 is 1.66 bits per heavy atom. The molecule has 1 aromatic carbocycles. The van der Waals surface area contributed by atoms with Gasteiger partial charge >= 0.3 is 11.9 Å². The summed E-state index contributed by atoms with van der Waals surface area (Å²) in [5.41, 5.74) is -1.24. The number of esters is 2. The number of nitrogens with zero attached hydrogens (tertiary/aromatic N) is 1. The zero-order chi connectivity index (χ0) is 21.3. The molecule has 0 aliphatic carbocycles. The van der Waals surface area contributed by atoms with Crippen LogP contribution >= 0.6 is 0 Å². The fraction of sp³-hybridized carbons (Fsp3) is 0.368. The van der Waals surface area contributed by atoms with Gasteiger partial charge in [-0.1, -0.05) is 18.2 Å². The van der Waals surface area contributed by atoms with Gasteiger partial charge in [-0.05, 0) is 12.1 Å². The highest BCUT2D eigenvalue weighted by Crippen LogP contribution is 2.40. The van der Waals surface area contributed by atoms with Crippen LogP contribution in [0.15, 0.2) is 30.3 Å². The number of aliphatic hydroxyl groups excluding tert-OH is 3. The molecular formula is C19H20FNO8. The number of aliphatic hydroxyl groups is 3. The zero-order valence-electron chi connectivity index (χ0n) is 15.6. The highest BCUT2D eigenvalue weighted by Gasteiger charge is 2.48. The summed E-state index contributed by atoms with van der Waals surface area (Å²) in [7, 11) is 2.12. The van der Waals surface area contributed by atoms with Gasteiger partial charge in [0.1, 0.15) is 30.1 Å². The Morgan fingerprint density at radius 1 is 1.07 bits per heavy atom. The third-order valence-corrected chi connectivity index (χ3v) is 4.75. The Balaban J connectivity index is 2.33. The maximum absolute atomic E-state index is 15.5. The van der Waals surface area contributed by atoms with Gasteiger partial charge in [-0.15, -0.1) is 0 Å². The van der Waals surface area contributed by atoms with Crippen LogP contribution in [0, 0.1) is 5.82 Å². The second-order valence-electron chi connectivity index (χ2n) is 6.34. The van der Waals surface area contributed by atoms with Crippen molar-refractivity contribution in [3.63, 3.8) is 0 Å². The summed E-state index contributed by atoms with van der Waals surface area (Å²) in [4.78, 5) is 24.9. The molecule has 1 fully saturated rings. The highest BCUT2D eigenvalue weighted by atomic mass is 19.1. The summed E-state index contributed by atoms with van der Waals surface area (Å²) in [5.74, 6) is -3.25. The zero-order valence-corrected chi connectivity index (χ0v) is 15.6. The largest absolute Gasteiger partial charge is 0.464 e. The molecule has 156 valence electrons. The number of rotatable bonds is 5. The van der Waals surface area contributed by atoms with E-state index in [0.29, 0.717) is 0 Å². The molecule has 2 aromatic rings. The van der Waals surface area contributed by atoms with Crippen molar-refractivity contribution in [1.29, 1.82) is 0 Å². The predicted molar refractivity (Wildman–Crippen MR) is 95.1 cm³/mol. The Bertz CT molecular complexity index is 913. The first-order valence-corrected chi connectivity index (χ1v) is 8.65. The second kappa shape index (κ2) is 8.29. The van der Waals surface area contributed by atoms with Crippen molar-refractivity contribution in [2.24, 2.45) is 0 Å². The van der Waals surface area contributed by atoms with Gasteiger partial charge in [-0.2, -0.15) is 0 Å². The summed E-state index contributed by atoms with van der Waals surface area (Å²) in [5, 5.41) is 29.7. The molecule has 29 heavy (non-hydrogen) atoms. The van der Waals surface area contributed by atoms with Crippen molar-refractivity contribution in [2.45, 2.75) is 24.4 Å². The minimum atomic E-state index is -1.66. The van der Waals surface area contributed by atoms with Gasteiger partial charge in [0.05, 0.1) is 26.4 Å². The van der Waals surface area contributed by atoms with E-state index in [1.807, 2.05) is 0 Å². The summed E-state index contributed by atoms with van der Waals surface area (Å²) >= 11 is 0. The van der Waals surface area contributed by atoms with Crippen LogP contribution in [0.5, 0.6) is 0 Å². The first kappa shape index (κ1) is 20.9. The maximum atomic E-state index is 15.5. The molecule has 3 N–H and O–H groups in total. The Kier molecular flexibility index (Phi) is 5.99. The molecular weight excluding hydrogens is 389 g/mol. The van der Waals surface area contributed by atoms with E-state index < -0.39 is 65.7 Å². The molecule has 3 rings (SSSR count). The maximum Gasteiger partial charge on any atom is 0.358 e. The molecule has 1 aliphatic rings. The minimum absolute atomic E-state index is 0.255. The number of hydrogen-bond donors (Lipinski definition) is 3. The van der Waals surface area contributed by atoms with Crippen LogP contribution in [0.3, 0.4) is 0 Å². The number of para-hydroxylation sites is 1. The summed E-state index contributed by atoms with van der Waals surface area (Å²) < 4.78 is 31.3. The van der Waals surface area contributed by atoms with Crippen LogP contribution in [0.2, 0.25) is 0 Å². The molecule has 0 radical (unpaired) electrons. The van der Waals surface area contributed by atoms with Gasteiger partial charge in [-0.25, -0.2) is 14.0 Å². The van der Waals surface area contributed by atoms with E-state index in [-0.39, 0.29) is 5.69 Å². The normalized spacial score (nSPS) is 23.8. The molecule has 0 bridgehead atoms. The first-order chi connectivity index (χ1) is 13.9. The van der Waals surface area contributed by atoms with Crippen molar-refractivity contribution < 1.29 is 43.5 Å². The lowest BCUT2D eigenvalue weighted by molar-refractivity contribution is -0.0239. The van der Waals surface area contributed by atoms with Crippen LogP contribution in [-0.4, -0.2) is 71.0 Å². The van der Waals surface area contributed by atoms with Crippen molar-refractivity contribution in [3.8, 4) is 5.69 Å². The lowest BCUT2D eigenvalue weighted by Crippen LogP contribution is -2.32. The third kappa shape index (κ3) is 3.40. The third-order valence-electron chi connectivity index (χ3n) is 4.75. The van der Waals surface area contributed by atoms with E-state index >= 15 is 4.39 Å². The fourth-order valence-corrected chi connectivity index (χ4v) is 3.37.